The summed E-state index contributed by atoms with van der Waals surface area (Å²) < 4.78 is 12.7. The van der Waals surface area contributed by atoms with E-state index in [0.717, 1.165) is 46.9 Å². The molecule has 6 nitrogen and oxygen atoms in total. The van der Waals surface area contributed by atoms with Crippen LogP contribution in [0.5, 0.6) is 11.5 Å². The lowest BCUT2D eigenvalue weighted by Crippen LogP contribution is -2.18. The van der Waals surface area contributed by atoms with E-state index in [4.69, 9.17) is 9.47 Å². The number of benzene rings is 2. The van der Waals surface area contributed by atoms with Crippen molar-refractivity contribution in [3.05, 3.63) is 47.5 Å². The fourth-order valence-electron chi connectivity index (χ4n) is 4.19. The molecule has 3 aromatic rings. The van der Waals surface area contributed by atoms with Crippen molar-refractivity contribution in [2.75, 3.05) is 0 Å². The van der Waals surface area contributed by atoms with Gasteiger partial charge in [0.15, 0.2) is 6.29 Å². The molecule has 2 aromatic carbocycles. The van der Waals surface area contributed by atoms with E-state index in [1.807, 2.05) is 24.3 Å². The predicted octanol–water partition coefficient (Wildman–Crippen LogP) is 4.48. The molecule has 0 radical (unpaired) electrons. The molecule has 1 aromatic heterocycles. The minimum absolute atomic E-state index is 0.119. The van der Waals surface area contributed by atoms with Crippen molar-refractivity contribution < 1.29 is 23.9 Å². The number of aromatic nitrogens is 1. The van der Waals surface area contributed by atoms with E-state index in [1.165, 1.54) is 13.8 Å². The second-order valence-corrected chi connectivity index (χ2v) is 7.20. The first-order valence-corrected chi connectivity index (χ1v) is 9.56. The molecule has 2 heterocycles. The number of hydrogen-bond acceptors (Lipinski definition) is 5. The minimum atomic E-state index is -0.388. The number of aldehydes is 1. The molecule has 0 fully saturated rings. The number of carbonyl (C=O) groups is 3. The number of nitrogens with zero attached hydrogens (tertiary/aromatic N) is 1. The fourth-order valence-corrected chi connectivity index (χ4v) is 4.19. The van der Waals surface area contributed by atoms with E-state index >= 15 is 0 Å². The zero-order valence-electron chi connectivity index (χ0n) is 16.5. The van der Waals surface area contributed by atoms with E-state index in [-0.39, 0.29) is 18.0 Å². The third-order valence-electron chi connectivity index (χ3n) is 5.28. The van der Waals surface area contributed by atoms with Crippen molar-refractivity contribution in [3.8, 4) is 22.8 Å². The smallest absolute Gasteiger partial charge is 0.308 e. The van der Waals surface area contributed by atoms with Crippen LogP contribution in [-0.4, -0.2) is 22.8 Å². The molecule has 29 heavy (non-hydrogen) atoms. The van der Waals surface area contributed by atoms with Gasteiger partial charge in [-0.15, -0.1) is 0 Å². The van der Waals surface area contributed by atoms with Crippen LogP contribution in [0.15, 0.2) is 36.4 Å². The molecule has 0 saturated heterocycles. The van der Waals surface area contributed by atoms with Crippen LogP contribution in [0.2, 0.25) is 0 Å². The maximum absolute atomic E-state index is 12.1. The fraction of sp³-hybridized carbons (Fsp3) is 0.261. The van der Waals surface area contributed by atoms with Gasteiger partial charge in [-0.3, -0.25) is 14.4 Å². The van der Waals surface area contributed by atoms with Crippen LogP contribution in [0, 0.1) is 0 Å². The molecular weight excluding hydrogens is 370 g/mol. The Morgan fingerprint density at radius 3 is 2.34 bits per heavy atom. The highest BCUT2D eigenvalue weighted by molar-refractivity contribution is 6.06. The molecule has 0 saturated carbocycles. The van der Waals surface area contributed by atoms with E-state index in [1.54, 1.807) is 12.1 Å². The first-order valence-electron chi connectivity index (χ1n) is 9.56. The summed E-state index contributed by atoms with van der Waals surface area (Å²) in [5.41, 5.74) is 4.29. The molecule has 0 spiro atoms. The van der Waals surface area contributed by atoms with Gasteiger partial charge in [0.1, 0.15) is 11.5 Å². The second-order valence-electron chi connectivity index (χ2n) is 7.20. The van der Waals surface area contributed by atoms with Gasteiger partial charge in [-0.1, -0.05) is 6.92 Å². The van der Waals surface area contributed by atoms with Gasteiger partial charge in [0.05, 0.1) is 11.2 Å². The Kier molecular flexibility index (Phi) is 4.70. The van der Waals surface area contributed by atoms with Crippen LogP contribution in [0.4, 0.5) is 0 Å². The number of ether oxygens (including phenoxy) is 2. The maximum Gasteiger partial charge on any atom is 0.308 e. The SMILES string of the molecule is CCC1Cc2cc(OC(C)=O)ccc2-c2c(C=O)c3ccc(OC(C)=O)cc3n21. The molecule has 148 valence electrons. The Morgan fingerprint density at radius 2 is 1.72 bits per heavy atom. The summed E-state index contributed by atoms with van der Waals surface area (Å²) in [6.45, 7) is 4.83. The minimum Gasteiger partial charge on any atom is -0.427 e. The molecule has 4 rings (SSSR count). The largest absolute Gasteiger partial charge is 0.427 e. The Hall–Kier alpha value is -3.41. The molecule has 6 heteroatoms. The third-order valence-corrected chi connectivity index (χ3v) is 5.28. The quantitative estimate of drug-likeness (QED) is 0.372. The lowest BCUT2D eigenvalue weighted by Gasteiger charge is -2.29. The monoisotopic (exact) mass is 391 g/mol. The van der Waals surface area contributed by atoms with Crippen molar-refractivity contribution in [2.45, 2.75) is 39.7 Å². The van der Waals surface area contributed by atoms with Crippen LogP contribution in [-0.2, 0) is 16.0 Å². The van der Waals surface area contributed by atoms with Gasteiger partial charge in [0.25, 0.3) is 0 Å². The van der Waals surface area contributed by atoms with Crippen LogP contribution < -0.4 is 9.47 Å². The maximum atomic E-state index is 12.1. The average molecular weight is 391 g/mol. The number of carbonyl (C=O) groups excluding carboxylic acids is 3. The molecule has 0 N–H and O–H groups in total. The average Bonchev–Trinajstić information content (AvgIpc) is 3.00. The highest BCUT2D eigenvalue weighted by atomic mass is 16.5. The van der Waals surface area contributed by atoms with Crippen LogP contribution in [0.3, 0.4) is 0 Å². The normalized spacial score (nSPS) is 14.8. The first-order chi connectivity index (χ1) is 13.9. The van der Waals surface area contributed by atoms with Crippen molar-refractivity contribution in [1.29, 1.82) is 0 Å². The first kappa shape index (κ1) is 18.9. The van der Waals surface area contributed by atoms with Crippen LogP contribution in [0.1, 0.15) is 49.2 Å². The van der Waals surface area contributed by atoms with Crippen molar-refractivity contribution in [2.24, 2.45) is 0 Å². The van der Waals surface area contributed by atoms with Crippen LogP contribution >= 0.6 is 0 Å². The lowest BCUT2D eigenvalue weighted by molar-refractivity contribution is -0.132. The molecule has 1 atom stereocenters. The van der Waals surface area contributed by atoms with Crippen molar-refractivity contribution in [1.82, 2.24) is 4.57 Å². The zero-order valence-corrected chi connectivity index (χ0v) is 16.5. The van der Waals surface area contributed by atoms with Gasteiger partial charge >= 0.3 is 11.9 Å². The highest BCUT2D eigenvalue weighted by Crippen LogP contribution is 2.44. The summed E-state index contributed by atoms with van der Waals surface area (Å²) in [6.07, 6.45) is 2.47. The van der Waals surface area contributed by atoms with Gasteiger partial charge in [-0.2, -0.15) is 0 Å². The topological polar surface area (TPSA) is 74.6 Å². The van der Waals surface area contributed by atoms with Crippen molar-refractivity contribution >= 4 is 29.1 Å². The number of rotatable bonds is 4. The molecule has 0 bridgehead atoms. The summed E-state index contributed by atoms with van der Waals surface area (Å²) in [7, 11) is 0. The Bertz CT molecular complexity index is 1160. The second kappa shape index (κ2) is 7.20. The summed E-state index contributed by atoms with van der Waals surface area (Å²) >= 11 is 0. The van der Waals surface area contributed by atoms with E-state index < -0.39 is 0 Å². The molecule has 1 unspecified atom stereocenters. The van der Waals surface area contributed by atoms with Gasteiger partial charge in [-0.25, -0.2) is 0 Å². The number of esters is 2. The Morgan fingerprint density at radius 1 is 1.07 bits per heavy atom. The van der Waals surface area contributed by atoms with E-state index in [0.29, 0.717) is 17.1 Å². The standard InChI is InChI=1S/C23H21NO5/c1-4-16-9-15-10-17(28-13(2)26)5-7-19(15)23-21(12-25)20-8-6-18(29-14(3)27)11-22(20)24(16)23/h5-8,10-12,16H,4,9H2,1-3H3. The summed E-state index contributed by atoms with van der Waals surface area (Å²) in [5, 5.41) is 0.821. The number of fused-ring (bicyclic) bond motifs is 5. The molecule has 0 amide bonds. The van der Waals surface area contributed by atoms with E-state index in [2.05, 4.69) is 11.5 Å². The Labute approximate surface area is 168 Å². The molecule has 1 aliphatic heterocycles. The molecule has 1 aliphatic rings. The van der Waals surface area contributed by atoms with E-state index in [9.17, 15) is 14.4 Å². The summed E-state index contributed by atoms with van der Waals surface area (Å²) in [4.78, 5) is 34.8. The van der Waals surface area contributed by atoms with Gasteiger partial charge in [0, 0.05) is 42.5 Å². The third kappa shape index (κ3) is 3.20. The molecule has 0 aliphatic carbocycles. The van der Waals surface area contributed by atoms with Crippen LogP contribution in [0.25, 0.3) is 22.2 Å². The van der Waals surface area contributed by atoms with Crippen molar-refractivity contribution in [3.63, 3.8) is 0 Å². The van der Waals surface area contributed by atoms with Gasteiger partial charge < -0.3 is 14.0 Å². The summed E-state index contributed by atoms with van der Waals surface area (Å²) in [5.74, 6) is 0.198. The van der Waals surface area contributed by atoms with Gasteiger partial charge in [0.2, 0.25) is 0 Å². The van der Waals surface area contributed by atoms with Gasteiger partial charge in [-0.05, 0) is 48.7 Å². The zero-order chi connectivity index (χ0) is 20.7. The lowest BCUT2D eigenvalue weighted by atomic mass is 9.91. The number of hydrogen-bond donors (Lipinski definition) is 0. The highest BCUT2D eigenvalue weighted by Gasteiger charge is 2.29. The summed E-state index contributed by atoms with van der Waals surface area (Å²) in [6, 6.07) is 11.0. The predicted molar refractivity (Wildman–Crippen MR) is 108 cm³/mol. The Balaban J connectivity index is 1.97. The molecular formula is C23H21NO5.